The van der Waals surface area contributed by atoms with Gasteiger partial charge in [0.25, 0.3) is 10.1 Å². The van der Waals surface area contributed by atoms with Gasteiger partial charge >= 0.3 is 5.97 Å². The molecular weight excluding hydrogens is 268 g/mol. The first-order chi connectivity index (χ1) is 8.85. The molecule has 0 aromatic heterocycles. The molecule has 0 amide bonds. The van der Waals surface area contributed by atoms with Crippen molar-refractivity contribution in [2.45, 2.75) is 38.2 Å². The van der Waals surface area contributed by atoms with Crippen LogP contribution in [0.25, 0.3) is 0 Å². The average Bonchev–Trinajstić information content (AvgIpc) is 2.37. The van der Waals surface area contributed by atoms with Crippen molar-refractivity contribution in [3.8, 4) is 0 Å². The normalized spacial score (nSPS) is 13.0. The van der Waals surface area contributed by atoms with E-state index in [4.69, 9.17) is 8.92 Å². The smallest absolute Gasteiger partial charge is 0.305 e. The summed E-state index contributed by atoms with van der Waals surface area (Å²) in [6, 6.07) is 6.34. The molecule has 0 aliphatic heterocycles. The zero-order valence-corrected chi connectivity index (χ0v) is 12.1. The van der Waals surface area contributed by atoms with E-state index in [0.717, 1.165) is 5.56 Å². The summed E-state index contributed by atoms with van der Waals surface area (Å²) in [5.74, 6) is -0.385. The zero-order valence-electron chi connectivity index (χ0n) is 11.3. The number of ether oxygens (including phenoxy) is 1. The number of hydrogen-bond donors (Lipinski definition) is 0. The SMILES string of the molecule is CCC(=O)OC(C)COS(=O)(=O)c1ccc(C)cc1. The third kappa shape index (κ3) is 5.00. The Labute approximate surface area is 113 Å². The van der Waals surface area contributed by atoms with Crippen LogP contribution in [0.4, 0.5) is 0 Å². The van der Waals surface area contributed by atoms with Crippen LogP contribution in [0.1, 0.15) is 25.8 Å². The quantitative estimate of drug-likeness (QED) is 0.591. The Morgan fingerprint density at radius 1 is 1.26 bits per heavy atom. The second-order valence-corrected chi connectivity index (χ2v) is 5.82. The molecule has 0 bridgehead atoms. The van der Waals surface area contributed by atoms with Crippen molar-refractivity contribution < 1.29 is 22.1 Å². The highest BCUT2D eigenvalue weighted by Gasteiger charge is 2.17. The molecule has 6 heteroatoms. The lowest BCUT2D eigenvalue weighted by atomic mass is 10.2. The zero-order chi connectivity index (χ0) is 14.5. The third-order valence-electron chi connectivity index (χ3n) is 2.39. The van der Waals surface area contributed by atoms with E-state index in [2.05, 4.69) is 0 Å². The van der Waals surface area contributed by atoms with E-state index in [0.29, 0.717) is 0 Å². The van der Waals surface area contributed by atoms with Crippen LogP contribution in [0.5, 0.6) is 0 Å². The summed E-state index contributed by atoms with van der Waals surface area (Å²) in [5, 5.41) is 0. The maximum atomic E-state index is 11.8. The molecule has 1 rings (SSSR count). The van der Waals surface area contributed by atoms with Gasteiger partial charge in [-0.25, -0.2) is 0 Å². The van der Waals surface area contributed by atoms with Gasteiger partial charge in [0.15, 0.2) is 0 Å². The highest BCUT2D eigenvalue weighted by molar-refractivity contribution is 7.86. The van der Waals surface area contributed by atoms with Gasteiger partial charge in [-0.15, -0.1) is 0 Å². The van der Waals surface area contributed by atoms with Gasteiger partial charge in [-0.1, -0.05) is 24.6 Å². The van der Waals surface area contributed by atoms with Gasteiger partial charge in [-0.3, -0.25) is 8.98 Å². The molecule has 106 valence electrons. The Morgan fingerprint density at radius 3 is 2.37 bits per heavy atom. The minimum Gasteiger partial charge on any atom is -0.460 e. The summed E-state index contributed by atoms with van der Waals surface area (Å²) < 4.78 is 33.5. The third-order valence-corrected chi connectivity index (χ3v) is 3.68. The van der Waals surface area contributed by atoms with E-state index in [-0.39, 0.29) is 23.9 Å². The number of benzene rings is 1. The Balaban J connectivity index is 2.61. The van der Waals surface area contributed by atoms with Crippen LogP contribution in [-0.2, 0) is 23.8 Å². The summed E-state index contributed by atoms with van der Waals surface area (Å²) >= 11 is 0. The number of aryl methyl sites for hydroxylation is 1. The van der Waals surface area contributed by atoms with Crippen molar-refractivity contribution in [1.82, 2.24) is 0 Å². The fourth-order valence-corrected chi connectivity index (χ4v) is 2.28. The summed E-state index contributed by atoms with van der Waals surface area (Å²) in [6.45, 7) is 4.92. The van der Waals surface area contributed by atoms with Crippen molar-refractivity contribution in [2.75, 3.05) is 6.61 Å². The molecule has 0 radical (unpaired) electrons. The molecule has 0 aliphatic rings. The second kappa shape index (κ2) is 6.68. The maximum absolute atomic E-state index is 11.8. The van der Waals surface area contributed by atoms with Gasteiger partial charge in [0.2, 0.25) is 0 Å². The predicted octanol–water partition coefficient (Wildman–Crippen LogP) is 2.04. The van der Waals surface area contributed by atoms with E-state index in [1.54, 1.807) is 26.0 Å². The fourth-order valence-electron chi connectivity index (χ4n) is 1.30. The molecule has 0 fully saturated rings. The van der Waals surface area contributed by atoms with Crippen molar-refractivity contribution in [2.24, 2.45) is 0 Å². The standard InChI is InChI=1S/C13H18O5S/c1-4-13(14)18-11(3)9-17-19(15,16)12-7-5-10(2)6-8-12/h5-8,11H,4,9H2,1-3H3. The van der Waals surface area contributed by atoms with Crippen LogP contribution in [0.2, 0.25) is 0 Å². The number of esters is 1. The number of hydrogen-bond acceptors (Lipinski definition) is 5. The molecule has 0 aliphatic carbocycles. The lowest BCUT2D eigenvalue weighted by Crippen LogP contribution is -2.22. The first-order valence-electron chi connectivity index (χ1n) is 6.00. The van der Waals surface area contributed by atoms with Gasteiger partial charge in [-0.05, 0) is 26.0 Å². The van der Waals surface area contributed by atoms with Crippen molar-refractivity contribution >= 4 is 16.1 Å². The predicted molar refractivity (Wildman–Crippen MR) is 70.2 cm³/mol. The molecule has 0 spiro atoms. The van der Waals surface area contributed by atoms with E-state index in [1.807, 2.05) is 6.92 Å². The summed E-state index contributed by atoms with van der Waals surface area (Å²) in [4.78, 5) is 11.1. The van der Waals surface area contributed by atoms with Crippen molar-refractivity contribution in [1.29, 1.82) is 0 Å². The first-order valence-corrected chi connectivity index (χ1v) is 7.41. The molecule has 0 heterocycles. The molecule has 1 aromatic carbocycles. The molecular formula is C13H18O5S. The molecule has 5 nitrogen and oxygen atoms in total. The van der Waals surface area contributed by atoms with Crippen molar-refractivity contribution in [3.05, 3.63) is 29.8 Å². The highest BCUT2D eigenvalue weighted by Crippen LogP contribution is 2.13. The summed E-state index contributed by atoms with van der Waals surface area (Å²) in [5.41, 5.74) is 0.962. The highest BCUT2D eigenvalue weighted by atomic mass is 32.2. The molecule has 0 saturated carbocycles. The summed E-state index contributed by atoms with van der Waals surface area (Å²) in [6.07, 6.45) is -0.359. The first kappa shape index (κ1) is 15.7. The Bertz CT molecular complexity index is 518. The Kier molecular flexibility index (Phi) is 5.50. The topological polar surface area (TPSA) is 69.7 Å². The van der Waals surface area contributed by atoms with E-state index < -0.39 is 16.2 Å². The lowest BCUT2D eigenvalue weighted by Gasteiger charge is -2.13. The molecule has 0 N–H and O–H groups in total. The minimum absolute atomic E-state index is 0.0899. The fraction of sp³-hybridized carbons (Fsp3) is 0.462. The number of carbonyl (C=O) groups excluding carboxylic acids is 1. The van der Waals surface area contributed by atoms with Crippen LogP contribution in [-0.4, -0.2) is 27.1 Å². The summed E-state index contributed by atoms with van der Waals surface area (Å²) in [7, 11) is -3.81. The van der Waals surface area contributed by atoms with Gasteiger partial charge in [0.05, 0.1) is 4.90 Å². The maximum Gasteiger partial charge on any atom is 0.305 e. The minimum atomic E-state index is -3.81. The van der Waals surface area contributed by atoms with Crippen LogP contribution in [0, 0.1) is 6.92 Å². The van der Waals surface area contributed by atoms with Crippen LogP contribution >= 0.6 is 0 Å². The number of carbonyl (C=O) groups is 1. The van der Waals surface area contributed by atoms with Gasteiger partial charge < -0.3 is 4.74 Å². The van der Waals surface area contributed by atoms with Gasteiger partial charge in [0, 0.05) is 6.42 Å². The molecule has 1 atom stereocenters. The van der Waals surface area contributed by atoms with Crippen LogP contribution in [0.3, 0.4) is 0 Å². The Morgan fingerprint density at radius 2 is 1.84 bits per heavy atom. The number of rotatable bonds is 6. The van der Waals surface area contributed by atoms with E-state index in [9.17, 15) is 13.2 Å². The molecule has 1 aromatic rings. The molecule has 0 saturated heterocycles. The van der Waals surface area contributed by atoms with Gasteiger partial charge in [0.1, 0.15) is 12.7 Å². The monoisotopic (exact) mass is 286 g/mol. The largest absolute Gasteiger partial charge is 0.460 e. The average molecular weight is 286 g/mol. The Hall–Kier alpha value is -1.40. The second-order valence-electron chi connectivity index (χ2n) is 4.21. The van der Waals surface area contributed by atoms with Gasteiger partial charge in [-0.2, -0.15) is 8.42 Å². The van der Waals surface area contributed by atoms with E-state index in [1.165, 1.54) is 12.1 Å². The van der Waals surface area contributed by atoms with Crippen LogP contribution in [0.15, 0.2) is 29.2 Å². The molecule has 19 heavy (non-hydrogen) atoms. The van der Waals surface area contributed by atoms with Crippen molar-refractivity contribution in [3.63, 3.8) is 0 Å². The molecule has 1 unspecified atom stereocenters. The lowest BCUT2D eigenvalue weighted by molar-refractivity contribution is -0.149. The van der Waals surface area contributed by atoms with Crippen LogP contribution < -0.4 is 0 Å². The van der Waals surface area contributed by atoms with E-state index >= 15 is 0 Å².